The van der Waals surface area contributed by atoms with Crippen LogP contribution in [0.15, 0.2) is 60.4 Å². The molecular formula is C19H18O3. The summed E-state index contributed by atoms with van der Waals surface area (Å²) in [5.41, 5.74) is 2.26. The molecular weight excluding hydrogens is 276 g/mol. The average Bonchev–Trinajstić information content (AvgIpc) is 2.54. The largest absolute Gasteiger partial charge is 0.512 e. The second-order valence-corrected chi connectivity index (χ2v) is 5.40. The first-order chi connectivity index (χ1) is 10.7. The van der Waals surface area contributed by atoms with Crippen molar-refractivity contribution >= 4 is 11.4 Å². The van der Waals surface area contributed by atoms with Crippen LogP contribution >= 0.6 is 0 Å². The standard InChI is InChI=1S/C19H18O3/c20-17-10-5-11-18(21)19(17)15-8-4-9-16(12-15)22-13-14-6-2-1-3-7-14/h1-4,6-9,12,20H,5,10-11,13H2. The highest BCUT2D eigenvalue weighted by molar-refractivity contribution is 6.21. The molecule has 0 aliphatic heterocycles. The number of carbonyl (C=O) groups excluding carboxylic acids is 1. The molecule has 0 aromatic heterocycles. The van der Waals surface area contributed by atoms with E-state index in [1.54, 1.807) is 0 Å². The maximum atomic E-state index is 12.0. The summed E-state index contributed by atoms with van der Waals surface area (Å²) in [7, 11) is 0. The fraction of sp³-hybridized carbons (Fsp3) is 0.211. The van der Waals surface area contributed by atoms with Gasteiger partial charge in [-0.2, -0.15) is 0 Å². The minimum Gasteiger partial charge on any atom is -0.512 e. The smallest absolute Gasteiger partial charge is 0.166 e. The third-order valence-electron chi connectivity index (χ3n) is 3.76. The molecule has 0 atom stereocenters. The molecule has 2 aromatic carbocycles. The van der Waals surface area contributed by atoms with Gasteiger partial charge in [-0.15, -0.1) is 0 Å². The lowest BCUT2D eigenvalue weighted by molar-refractivity contribution is -0.114. The van der Waals surface area contributed by atoms with Gasteiger partial charge in [0, 0.05) is 12.8 Å². The van der Waals surface area contributed by atoms with Gasteiger partial charge in [0.15, 0.2) is 5.78 Å². The molecule has 0 fully saturated rings. The summed E-state index contributed by atoms with van der Waals surface area (Å²) in [6, 6.07) is 17.3. The molecule has 3 nitrogen and oxygen atoms in total. The van der Waals surface area contributed by atoms with Crippen LogP contribution in [0.2, 0.25) is 0 Å². The van der Waals surface area contributed by atoms with Crippen LogP contribution in [-0.4, -0.2) is 10.9 Å². The van der Waals surface area contributed by atoms with Crippen molar-refractivity contribution in [1.29, 1.82) is 0 Å². The molecule has 3 heteroatoms. The molecule has 0 radical (unpaired) electrons. The predicted molar refractivity (Wildman–Crippen MR) is 85.6 cm³/mol. The fourth-order valence-corrected chi connectivity index (χ4v) is 2.64. The number of ether oxygens (including phenoxy) is 1. The Morgan fingerprint density at radius 3 is 2.59 bits per heavy atom. The molecule has 0 bridgehead atoms. The van der Waals surface area contributed by atoms with E-state index in [2.05, 4.69) is 0 Å². The zero-order chi connectivity index (χ0) is 15.4. The minimum atomic E-state index is 0.00367. The van der Waals surface area contributed by atoms with Crippen LogP contribution in [0.3, 0.4) is 0 Å². The van der Waals surface area contributed by atoms with E-state index in [0.717, 1.165) is 17.5 Å². The van der Waals surface area contributed by atoms with E-state index in [0.29, 0.717) is 30.8 Å². The number of carbonyl (C=O) groups is 1. The van der Waals surface area contributed by atoms with Crippen LogP contribution in [0.1, 0.15) is 30.4 Å². The monoisotopic (exact) mass is 294 g/mol. The van der Waals surface area contributed by atoms with Crippen molar-refractivity contribution in [2.75, 3.05) is 0 Å². The molecule has 1 aliphatic rings. The first-order valence-electron chi connectivity index (χ1n) is 7.46. The number of rotatable bonds is 4. The summed E-state index contributed by atoms with van der Waals surface area (Å²) in [4.78, 5) is 12.0. The zero-order valence-electron chi connectivity index (χ0n) is 12.3. The Kier molecular flexibility index (Phi) is 4.24. The number of allylic oxidation sites excluding steroid dienone is 2. The Labute approximate surface area is 129 Å². The van der Waals surface area contributed by atoms with Crippen molar-refractivity contribution in [2.24, 2.45) is 0 Å². The lowest BCUT2D eigenvalue weighted by atomic mass is 9.91. The van der Waals surface area contributed by atoms with Gasteiger partial charge in [-0.05, 0) is 29.7 Å². The van der Waals surface area contributed by atoms with Crippen LogP contribution in [0.5, 0.6) is 5.75 Å². The van der Waals surface area contributed by atoms with Crippen molar-refractivity contribution in [3.05, 3.63) is 71.5 Å². The maximum Gasteiger partial charge on any atom is 0.166 e. The molecule has 0 heterocycles. The second kappa shape index (κ2) is 6.48. The Balaban J connectivity index is 1.79. The zero-order valence-corrected chi connectivity index (χ0v) is 12.3. The van der Waals surface area contributed by atoms with Gasteiger partial charge >= 0.3 is 0 Å². The van der Waals surface area contributed by atoms with Crippen LogP contribution in [-0.2, 0) is 11.4 Å². The first-order valence-corrected chi connectivity index (χ1v) is 7.46. The third kappa shape index (κ3) is 3.19. The van der Waals surface area contributed by atoms with E-state index in [-0.39, 0.29) is 11.5 Å². The molecule has 2 aromatic rings. The lowest BCUT2D eigenvalue weighted by Gasteiger charge is -2.16. The van der Waals surface area contributed by atoms with Crippen molar-refractivity contribution in [3.63, 3.8) is 0 Å². The van der Waals surface area contributed by atoms with Crippen LogP contribution in [0.4, 0.5) is 0 Å². The van der Waals surface area contributed by atoms with Gasteiger partial charge in [0.05, 0.1) is 5.57 Å². The summed E-state index contributed by atoms with van der Waals surface area (Å²) in [6.45, 7) is 0.475. The summed E-state index contributed by atoms with van der Waals surface area (Å²) in [6.07, 6.45) is 1.78. The fourth-order valence-electron chi connectivity index (χ4n) is 2.64. The second-order valence-electron chi connectivity index (χ2n) is 5.40. The topological polar surface area (TPSA) is 46.5 Å². The van der Waals surface area contributed by atoms with Gasteiger partial charge in [0.1, 0.15) is 18.1 Å². The van der Waals surface area contributed by atoms with Crippen LogP contribution in [0.25, 0.3) is 5.57 Å². The van der Waals surface area contributed by atoms with Crippen molar-refractivity contribution in [3.8, 4) is 5.75 Å². The van der Waals surface area contributed by atoms with Gasteiger partial charge in [0.2, 0.25) is 0 Å². The highest BCUT2D eigenvalue weighted by atomic mass is 16.5. The quantitative estimate of drug-likeness (QED) is 0.915. The van der Waals surface area contributed by atoms with Gasteiger partial charge in [-0.1, -0.05) is 42.5 Å². The van der Waals surface area contributed by atoms with E-state index >= 15 is 0 Å². The third-order valence-corrected chi connectivity index (χ3v) is 3.76. The molecule has 0 spiro atoms. The Morgan fingerprint density at radius 1 is 1.00 bits per heavy atom. The van der Waals surface area contributed by atoms with E-state index in [9.17, 15) is 9.90 Å². The van der Waals surface area contributed by atoms with Gasteiger partial charge < -0.3 is 9.84 Å². The average molecular weight is 294 g/mol. The highest BCUT2D eigenvalue weighted by Gasteiger charge is 2.21. The van der Waals surface area contributed by atoms with Crippen molar-refractivity contribution in [1.82, 2.24) is 0 Å². The number of benzene rings is 2. The SMILES string of the molecule is O=C1CCCC(O)=C1c1cccc(OCc2ccccc2)c1. The Hall–Kier alpha value is -2.55. The summed E-state index contributed by atoms with van der Waals surface area (Å²) >= 11 is 0. The summed E-state index contributed by atoms with van der Waals surface area (Å²) in [5.74, 6) is 0.889. The molecule has 3 rings (SSSR count). The number of hydrogen-bond acceptors (Lipinski definition) is 3. The summed E-state index contributed by atoms with van der Waals surface area (Å²) in [5, 5.41) is 10.0. The van der Waals surface area contributed by atoms with E-state index < -0.39 is 0 Å². The molecule has 22 heavy (non-hydrogen) atoms. The Bertz CT molecular complexity index is 702. The molecule has 0 amide bonds. The molecule has 0 saturated carbocycles. The van der Waals surface area contributed by atoms with Crippen molar-refractivity contribution in [2.45, 2.75) is 25.9 Å². The van der Waals surface area contributed by atoms with E-state index in [1.165, 1.54) is 0 Å². The van der Waals surface area contributed by atoms with Gasteiger partial charge in [-0.3, -0.25) is 4.79 Å². The molecule has 0 saturated heterocycles. The minimum absolute atomic E-state index is 0.00367. The number of hydrogen-bond donors (Lipinski definition) is 1. The predicted octanol–water partition coefficient (Wildman–Crippen LogP) is 4.29. The van der Waals surface area contributed by atoms with Crippen molar-refractivity contribution < 1.29 is 14.6 Å². The normalized spacial score (nSPS) is 15.0. The molecule has 1 aliphatic carbocycles. The van der Waals surface area contributed by atoms with Gasteiger partial charge in [-0.25, -0.2) is 0 Å². The number of Topliss-reactive ketones (excluding diaryl/α,β-unsaturated/α-hetero) is 1. The first kappa shape index (κ1) is 14.4. The summed E-state index contributed by atoms with van der Waals surface area (Å²) < 4.78 is 5.78. The number of ketones is 1. The number of aliphatic hydroxyl groups is 1. The van der Waals surface area contributed by atoms with E-state index in [4.69, 9.17) is 4.74 Å². The molecule has 112 valence electrons. The highest BCUT2D eigenvalue weighted by Crippen LogP contribution is 2.30. The van der Waals surface area contributed by atoms with Crippen LogP contribution < -0.4 is 4.74 Å². The Morgan fingerprint density at radius 2 is 1.82 bits per heavy atom. The number of aliphatic hydroxyl groups excluding tert-OH is 1. The maximum absolute atomic E-state index is 12.0. The molecule has 1 N–H and O–H groups in total. The van der Waals surface area contributed by atoms with Gasteiger partial charge in [0.25, 0.3) is 0 Å². The molecule has 0 unspecified atom stereocenters. The lowest BCUT2D eigenvalue weighted by Crippen LogP contribution is -2.10. The van der Waals surface area contributed by atoms with Crippen LogP contribution in [0, 0.1) is 0 Å². The van der Waals surface area contributed by atoms with E-state index in [1.807, 2.05) is 54.6 Å².